The zero-order chi connectivity index (χ0) is 15.5. The minimum atomic E-state index is -3.94. The molecule has 0 aromatic carbocycles. The Kier molecular flexibility index (Phi) is 6.36. The maximum absolute atomic E-state index is 11.0. The summed E-state index contributed by atoms with van der Waals surface area (Å²) >= 11 is 0. The summed E-state index contributed by atoms with van der Waals surface area (Å²) in [6.07, 6.45) is -0.413. The topological polar surface area (TPSA) is 130 Å². The summed E-state index contributed by atoms with van der Waals surface area (Å²) in [7, 11) is -11.6. The Morgan fingerprint density at radius 1 is 0.789 bits per heavy atom. The van der Waals surface area contributed by atoms with Crippen molar-refractivity contribution in [1.82, 2.24) is 0 Å². The van der Waals surface area contributed by atoms with E-state index in [1.54, 1.807) is 0 Å². The van der Waals surface area contributed by atoms with Crippen LogP contribution >= 0.6 is 0 Å². The molecule has 19 heavy (non-hydrogen) atoms. The fraction of sp³-hybridized carbons (Fsp3) is 1.00. The van der Waals surface area contributed by atoms with Gasteiger partial charge in [0.15, 0.2) is 0 Å². The molecule has 12 heteroatoms. The van der Waals surface area contributed by atoms with Gasteiger partial charge in [-0.1, -0.05) is 0 Å². The predicted octanol–water partition coefficient (Wildman–Crippen LogP) is -1.33. The summed E-state index contributed by atoms with van der Waals surface area (Å²) in [6, 6.07) is 0. The van der Waals surface area contributed by atoms with Gasteiger partial charge in [-0.2, -0.15) is 25.3 Å². The molecule has 116 valence electrons. The van der Waals surface area contributed by atoms with Crippen molar-refractivity contribution in [2.45, 2.75) is 19.1 Å². The van der Waals surface area contributed by atoms with E-state index in [-0.39, 0.29) is 0 Å². The molecule has 0 N–H and O–H groups in total. The average Bonchev–Trinajstić information content (AvgIpc) is 2.05. The van der Waals surface area contributed by atoms with Crippen molar-refractivity contribution in [3.05, 3.63) is 0 Å². The van der Waals surface area contributed by atoms with Gasteiger partial charge in [-0.25, -0.2) is 0 Å². The highest BCUT2D eigenvalue weighted by atomic mass is 32.2. The van der Waals surface area contributed by atoms with E-state index >= 15 is 0 Å². The minimum Gasteiger partial charge on any atom is -0.267 e. The Hall–Kier alpha value is -0.270. The zero-order valence-electron chi connectivity index (χ0n) is 10.8. The standard InChI is InChI=1S/C7H16O9S3/c1-6(15-18(3,10)11)7(16-19(4,12)13)5-14-17(2,8)9/h6-7H,5H2,1-4H3. The van der Waals surface area contributed by atoms with Crippen LogP contribution in [0.15, 0.2) is 0 Å². The van der Waals surface area contributed by atoms with Crippen molar-refractivity contribution in [2.75, 3.05) is 25.4 Å². The van der Waals surface area contributed by atoms with Gasteiger partial charge in [0, 0.05) is 0 Å². The first-order valence-corrected chi connectivity index (χ1v) is 10.3. The summed E-state index contributed by atoms with van der Waals surface area (Å²) in [6.45, 7) is 0.519. The Morgan fingerprint density at radius 3 is 1.53 bits per heavy atom. The third-order valence-corrected chi connectivity index (χ3v) is 3.41. The fourth-order valence-electron chi connectivity index (χ4n) is 0.994. The molecule has 9 nitrogen and oxygen atoms in total. The Bertz CT molecular complexity index is 586. The highest BCUT2D eigenvalue weighted by molar-refractivity contribution is 7.86. The predicted molar refractivity (Wildman–Crippen MR) is 65.9 cm³/mol. The first-order chi connectivity index (χ1) is 8.20. The van der Waals surface area contributed by atoms with Crippen LogP contribution in [0.1, 0.15) is 6.92 Å². The van der Waals surface area contributed by atoms with Crippen LogP contribution in [0.5, 0.6) is 0 Å². The van der Waals surface area contributed by atoms with Gasteiger partial charge in [0.2, 0.25) is 0 Å². The van der Waals surface area contributed by atoms with E-state index in [4.69, 9.17) is 0 Å². The second kappa shape index (κ2) is 6.45. The van der Waals surface area contributed by atoms with Gasteiger partial charge in [-0.15, -0.1) is 0 Å². The van der Waals surface area contributed by atoms with E-state index in [1.807, 2.05) is 0 Å². The molecule has 0 aromatic heterocycles. The maximum atomic E-state index is 11.0. The molecule has 0 aliphatic carbocycles. The van der Waals surface area contributed by atoms with E-state index in [0.717, 1.165) is 18.8 Å². The smallest absolute Gasteiger partial charge is 0.264 e. The summed E-state index contributed by atoms with van der Waals surface area (Å²) < 4.78 is 78.9. The third-order valence-electron chi connectivity index (χ3n) is 1.59. The lowest BCUT2D eigenvalue weighted by Crippen LogP contribution is -2.37. The normalized spacial score (nSPS) is 17.1. The van der Waals surface area contributed by atoms with Gasteiger partial charge < -0.3 is 0 Å². The van der Waals surface area contributed by atoms with Crippen molar-refractivity contribution in [3.8, 4) is 0 Å². The highest BCUT2D eigenvalue weighted by Crippen LogP contribution is 2.11. The van der Waals surface area contributed by atoms with E-state index in [2.05, 4.69) is 12.5 Å². The fourth-order valence-corrected chi connectivity index (χ4v) is 2.71. The van der Waals surface area contributed by atoms with Crippen LogP contribution in [0.25, 0.3) is 0 Å². The molecule has 0 heterocycles. The van der Waals surface area contributed by atoms with Crippen LogP contribution in [0.2, 0.25) is 0 Å². The zero-order valence-corrected chi connectivity index (χ0v) is 13.2. The second-order valence-electron chi connectivity index (χ2n) is 3.83. The first kappa shape index (κ1) is 18.7. The second-order valence-corrected chi connectivity index (χ2v) is 8.68. The van der Waals surface area contributed by atoms with Crippen LogP contribution in [0.3, 0.4) is 0 Å². The molecule has 0 amide bonds. The average molecular weight is 340 g/mol. The van der Waals surface area contributed by atoms with Gasteiger partial charge in [-0.05, 0) is 6.92 Å². The van der Waals surface area contributed by atoms with Gasteiger partial charge in [0.25, 0.3) is 30.4 Å². The van der Waals surface area contributed by atoms with Crippen LogP contribution < -0.4 is 0 Å². The third kappa shape index (κ3) is 11.3. The molecule has 0 radical (unpaired) electrons. The summed E-state index contributed by atoms with van der Waals surface area (Å²) in [5.41, 5.74) is 0. The number of hydrogen-bond acceptors (Lipinski definition) is 9. The van der Waals surface area contributed by atoms with Gasteiger partial charge in [0.1, 0.15) is 12.2 Å². The monoisotopic (exact) mass is 340 g/mol. The summed E-state index contributed by atoms with van der Waals surface area (Å²) in [5, 5.41) is 0. The van der Waals surface area contributed by atoms with Crippen molar-refractivity contribution < 1.29 is 37.8 Å². The van der Waals surface area contributed by atoms with Crippen LogP contribution in [0, 0.1) is 0 Å². The molecule has 0 aliphatic heterocycles. The van der Waals surface area contributed by atoms with E-state index in [0.29, 0.717) is 0 Å². The van der Waals surface area contributed by atoms with Crippen LogP contribution in [-0.2, 0) is 42.9 Å². The minimum absolute atomic E-state index is 0.692. The molecule has 0 bridgehead atoms. The molecule has 2 atom stereocenters. The summed E-state index contributed by atoms with van der Waals surface area (Å²) in [5.74, 6) is 0. The maximum Gasteiger partial charge on any atom is 0.264 e. The quantitative estimate of drug-likeness (QED) is 0.493. The van der Waals surface area contributed by atoms with Crippen molar-refractivity contribution in [2.24, 2.45) is 0 Å². The van der Waals surface area contributed by atoms with Gasteiger partial charge >= 0.3 is 0 Å². The number of rotatable bonds is 8. The van der Waals surface area contributed by atoms with E-state index in [9.17, 15) is 25.3 Å². The highest BCUT2D eigenvalue weighted by Gasteiger charge is 2.27. The van der Waals surface area contributed by atoms with Gasteiger partial charge in [0.05, 0.1) is 25.4 Å². The first-order valence-electron chi connectivity index (χ1n) is 4.80. The lowest BCUT2D eigenvalue weighted by molar-refractivity contribution is 0.0429. The molecular formula is C7H16O9S3. The van der Waals surface area contributed by atoms with Crippen LogP contribution in [-0.4, -0.2) is 62.8 Å². The molecule has 0 saturated heterocycles. The summed E-state index contributed by atoms with van der Waals surface area (Å²) in [4.78, 5) is 0. The Morgan fingerprint density at radius 2 is 1.21 bits per heavy atom. The Labute approximate surface area is 113 Å². The van der Waals surface area contributed by atoms with Crippen molar-refractivity contribution in [1.29, 1.82) is 0 Å². The lowest BCUT2D eigenvalue weighted by atomic mass is 10.2. The molecule has 0 rings (SSSR count). The van der Waals surface area contributed by atoms with E-state index in [1.165, 1.54) is 6.92 Å². The molecule has 0 fully saturated rings. The molecule has 0 aromatic rings. The van der Waals surface area contributed by atoms with E-state index < -0.39 is 49.2 Å². The van der Waals surface area contributed by atoms with Crippen LogP contribution in [0.4, 0.5) is 0 Å². The molecular weight excluding hydrogens is 324 g/mol. The SMILES string of the molecule is CC(OS(C)(=O)=O)C(COS(C)(=O)=O)OS(C)(=O)=O. The molecule has 2 unspecified atom stereocenters. The molecule has 0 saturated carbocycles. The molecule has 0 spiro atoms. The van der Waals surface area contributed by atoms with Gasteiger partial charge in [-0.3, -0.25) is 12.5 Å². The Balaban J connectivity index is 4.95. The number of hydrogen-bond donors (Lipinski definition) is 0. The largest absolute Gasteiger partial charge is 0.267 e. The van der Waals surface area contributed by atoms with Crippen molar-refractivity contribution >= 4 is 30.4 Å². The lowest BCUT2D eigenvalue weighted by Gasteiger charge is -2.21. The van der Waals surface area contributed by atoms with Crippen molar-refractivity contribution in [3.63, 3.8) is 0 Å². The molecule has 0 aliphatic rings.